The molecule has 0 aliphatic carbocycles. The van der Waals surface area contributed by atoms with Crippen LogP contribution in [0.25, 0.3) is 0 Å². The lowest BCUT2D eigenvalue weighted by Crippen LogP contribution is -2.37. The minimum absolute atomic E-state index is 0.269. The lowest BCUT2D eigenvalue weighted by molar-refractivity contribution is -0.114. The van der Waals surface area contributed by atoms with Gasteiger partial charge in [0.1, 0.15) is 6.54 Å². The molecule has 0 spiro atoms. The first kappa shape index (κ1) is 18.0. The van der Waals surface area contributed by atoms with Gasteiger partial charge < -0.3 is 5.32 Å². The van der Waals surface area contributed by atoms with Crippen LogP contribution < -0.4 is 9.62 Å². The van der Waals surface area contributed by atoms with Gasteiger partial charge in [-0.1, -0.05) is 18.2 Å². The number of rotatable bonds is 5. The van der Waals surface area contributed by atoms with Crippen molar-refractivity contribution in [2.24, 2.45) is 0 Å². The van der Waals surface area contributed by atoms with Gasteiger partial charge in [0, 0.05) is 5.69 Å². The molecule has 1 N–H and O–H groups in total. The number of nitrogens with zero attached hydrogens (tertiary/aromatic N) is 1. The molecule has 0 radical (unpaired) electrons. The van der Waals surface area contributed by atoms with Crippen molar-refractivity contribution in [1.82, 2.24) is 0 Å². The summed E-state index contributed by atoms with van der Waals surface area (Å²) in [5.74, 6) is -0.384. The van der Waals surface area contributed by atoms with Crippen molar-refractivity contribution >= 4 is 27.3 Å². The lowest BCUT2D eigenvalue weighted by atomic mass is 10.1. The molecule has 2 aromatic rings. The summed E-state index contributed by atoms with van der Waals surface area (Å²) in [7, 11) is -3.56. The van der Waals surface area contributed by atoms with E-state index in [4.69, 9.17) is 0 Å². The van der Waals surface area contributed by atoms with Crippen molar-refractivity contribution in [1.29, 1.82) is 0 Å². The van der Waals surface area contributed by atoms with Crippen molar-refractivity contribution in [2.45, 2.75) is 20.8 Å². The Morgan fingerprint density at radius 3 is 2.33 bits per heavy atom. The van der Waals surface area contributed by atoms with Crippen molar-refractivity contribution in [3.63, 3.8) is 0 Å². The molecule has 0 aliphatic rings. The van der Waals surface area contributed by atoms with Crippen LogP contribution in [-0.4, -0.2) is 27.1 Å². The molecule has 24 heavy (non-hydrogen) atoms. The fourth-order valence-electron chi connectivity index (χ4n) is 2.33. The minimum Gasteiger partial charge on any atom is -0.325 e. The third-order valence-corrected chi connectivity index (χ3v) is 4.91. The SMILES string of the molecule is Cc1cccc(N(CC(=O)Nc2ccc(C)c(C)c2)S(C)(=O)=O)c1. The van der Waals surface area contributed by atoms with E-state index < -0.39 is 10.0 Å². The molecule has 0 aliphatic heterocycles. The number of nitrogens with one attached hydrogen (secondary N) is 1. The maximum Gasteiger partial charge on any atom is 0.245 e. The number of anilines is 2. The molecule has 0 saturated carbocycles. The Balaban J connectivity index is 2.20. The molecule has 0 saturated heterocycles. The normalized spacial score (nSPS) is 11.2. The van der Waals surface area contributed by atoms with E-state index in [-0.39, 0.29) is 12.5 Å². The number of carbonyl (C=O) groups excluding carboxylic acids is 1. The monoisotopic (exact) mass is 346 g/mol. The Kier molecular flexibility index (Phi) is 5.29. The quantitative estimate of drug-likeness (QED) is 0.905. The average Bonchev–Trinajstić information content (AvgIpc) is 2.47. The Labute approximate surface area is 143 Å². The first-order chi connectivity index (χ1) is 11.2. The third kappa shape index (κ3) is 4.58. The summed E-state index contributed by atoms with van der Waals surface area (Å²) in [6.07, 6.45) is 1.10. The first-order valence-corrected chi connectivity index (χ1v) is 9.43. The second kappa shape index (κ2) is 7.05. The van der Waals surface area contributed by atoms with Gasteiger partial charge in [-0.25, -0.2) is 8.42 Å². The van der Waals surface area contributed by atoms with Crippen LogP contribution in [0, 0.1) is 20.8 Å². The van der Waals surface area contributed by atoms with Crippen molar-refractivity contribution in [2.75, 3.05) is 22.4 Å². The second-order valence-corrected chi connectivity index (χ2v) is 7.86. The van der Waals surface area contributed by atoms with Gasteiger partial charge in [-0.05, 0) is 61.7 Å². The summed E-state index contributed by atoms with van der Waals surface area (Å²) < 4.78 is 25.3. The van der Waals surface area contributed by atoms with Crippen LogP contribution in [0.2, 0.25) is 0 Å². The number of benzene rings is 2. The van der Waals surface area contributed by atoms with Crippen LogP contribution in [0.5, 0.6) is 0 Å². The van der Waals surface area contributed by atoms with Gasteiger partial charge in [0.2, 0.25) is 15.9 Å². The zero-order valence-electron chi connectivity index (χ0n) is 14.3. The predicted molar refractivity (Wildman–Crippen MR) is 97.9 cm³/mol. The molecule has 0 bridgehead atoms. The van der Waals surface area contributed by atoms with Gasteiger partial charge in [-0.3, -0.25) is 9.10 Å². The minimum atomic E-state index is -3.56. The lowest BCUT2D eigenvalue weighted by Gasteiger charge is -2.22. The summed E-state index contributed by atoms with van der Waals surface area (Å²) in [5.41, 5.74) is 4.25. The first-order valence-electron chi connectivity index (χ1n) is 7.58. The molecule has 0 unspecified atom stereocenters. The Hall–Kier alpha value is -2.34. The highest BCUT2D eigenvalue weighted by molar-refractivity contribution is 7.92. The molecule has 128 valence electrons. The van der Waals surface area contributed by atoms with Crippen LogP contribution in [0.4, 0.5) is 11.4 Å². The van der Waals surface area contributed by atoms with E-state index in [2.05, 4.69) is 5.32 Å². The zero-order chi connectivity index (χ0) is 17.9. The maximum atomic E-state index is 12.3. The van der Waals surface area contributed by atoms with Crippen molar-refractivity contribution < 1.29 is 13.2 Å². The summed E-state index contributed by atoms with van der Waals surface area (Å²) in [6.45, 7) is 5.55. The molecule has 0 fully saturated rings. The molecule has 0 heterocycles. The molecule has 5 nitrogen and oxygen atoms in total. The standard InChI is InChI=1S/C18H22N2O3S/c1-13-6-5-7-17(10-13)20(24(4,22)23)12-18(21)19-16-9-8-14(2)15(3)11-16/h5-11H,12H2,1-4H3,(H,19,21). The fourth-order valence-corrected chi connectivity index (χ4v) is 3.18. The summed E-state index contributed by atoms with van der Waals surface area (Å²) in [5, 5.41) is 2.75. The number of hydrogen-bond acceptors (Lipinski definition) is 3. The number of amides is 1. The molecule has 1 amide bonds. The highest BCUT2D eigenvalue weighted by atomic mass is 32.2. The summed E-state index contributed by atoms with van der Waals surface area (Å²) in [4.78, 5) is 12.3. The van der Waals surface area contributed by atoms with E-state index in [0.717, 1.165) is 27.3 Å². The van der Waals surface area contributed by atoms with Gasteiger partial charge in [-0.2, -0.15) is 0 Å². The van der Waals surface area contributed by atoms with E-state index in [9.17, 15) is 13.2 Å². The maximum absolute atomic E-state index is 12.3. The smallest absolute Gasteiger partial charge is 0.245 e. The second-order valence-electron chi connectivity index (χ2n) is 5.96. The molecule has 2 rings (SSSR count). The predicted octanol–water partition coefficient (Wildman–Crippen LogP) is 3.02. The van der Waals surface area contributed by atoms with Gasteiger partial charge in [-0.15, -0.1) is 0 Å². The van der Waals surface area contributed by atoms with Crippen LogP contribution in [-0.2, 0) is 14.8 Å². The van der Waals surface area contributed by atoms with E-state index in [0.29, 0.717) is 11.4 Å². The topological polar surface area (TPSA) is 66.5 Å². The van der Waals surface area contributed by atoms with E-state index in [1.165, 1.54) is 0 Å². The van der Waals surface area contributed by atoms with Crippen LogP contribution >= 0.6 is 0 Å². The largest absolute Gasteiger partial charge is 0.325 e. The highest BCUT2D eigenvalue weighted by Gasteiger charge is 2.21. The molecule has 2 aromatic carbocycles. The fraction of sp³-hybridized carbons (Fsp3) is 0.278. The van der Waals surface area contributed by atoms with Crippen molar-refractivity contribution in [3.8, 4) is 0 Å². The Bertz CT molecular complexity index is 860. The van der Waals surface area contributed by atoms with Gasteiger partial charge in [0.05, 0.1) is 11.9 Å². The number of carbonyl (C=O) groups is 1. The Morgan fingerprint density at radius 1 is 1.04 bits per heavy atom. The summed E-state index contributed by atoms with van der Waals surface area (Å²) >= 11 is 0. The number of sulfonamides is 1. The molecule has 0 aromatic heterocycles. The molecule has 0 atom stereocenters. The highest BCUT2D eigenvalue weighted by Crippen LogP contribution is 2.19. The molecular formula is C18H22N2O3S. The summed E-state index contributed by atoms with van der Waals surface area (Å²) in [6, 6.07) is 12.6. The number of hydrogen-bond donors (Lipinski definition) is 1. The third-order valence-electron chi connectivity index (χ3n) is 3.77. The molecule has 6 heteroatoms. The molecular weight excluding hydrogens is 324 g/mol. The van der Waals surface area contributed by atoms with Gasteiger partial charge in [0.25, 0.3) is 0 Å². The van der Waals surface area contributed by atoms with E-state index >= 15 is 0 Å². The van der Waals surface area contributed by atoms with E-state index in [1.54, 1.807) is 24.3 Å². The number of aryl methyl sites for hydroxylation is 3. The Morgan fingerprint density at radius 2 is 1.75 bits per heavy atom. The average molecular weight is 346 g/mol. The van der Waals surface area contributed by atoms with Crippen LogP contribution in [0.3, 0.4) is 0 Å². The van der Waals surface area contributed by atoms with Gasteiger partial charge >= 0.3 is 0 Å². The van der Waals surface area contributed by atoms with E-state index in [1.807, 2.05) is 39.0 Å². The van der Waals surface area contributed by atoms with Crippen molar-refractivity contribution in [3.05, 3.63) is 59.2 Å². The van der Waals surface area contributed by atoms with Crippen LogP contribution in [0.15, 0.2) is 42.5 Å². The van der Waals surface area contributed by atoms with Gasteiger partial charge in [0.15, 0.2) is 0 Å². The van der Waals surface area contributed by atoms with Crippen LogP contribution in [0.1, 0.15) is 16.7 Å². The zero-order valence-corrected chi connectivity index (χ0v) is 15.1.